The first-order chi connectivity index (χ1) is 9.44. The van der Waals surface area contributed by atoms with Gasteiger partial charge in [0.1, 0.15) is 10.3 Å². The maximum Gasteiger partial charge on any atom is 0.318 e. The van der Waals surface area contributed by atoms with E-state index >= 15 is 0 Å². The first kappa shape index (κ1) is 12.7. The van der Waals surface area contributed by atoms with E-state index in [1.807, 2.05) is 0 Å². The lowest BCUT2D eigenvalue weighted by molar-refractivity contribution is 0.0308. The Morgan fingerprint density at radius 1 is 1.40 bits per heavy atom. The molecule has 106 valence electrons. The molecule has 0 saturated carbocycles. The molecule has 1 spiro atoms. The normalized spacial score (nSPS) is 34.5. The van der Waals surface area contributed by atoms with Crippen LogP contribution in [0.4, 0.5) is 4.79 Å². The molecule has 3 aliphatic rings. The number of nitrogens with zero attached hydrogens (tertiary/aromatic N) is 2. The summed E-state index contributed by atoms with van der Waals surface area (Å²) in [5.74, 6) is -0.201. The fraction of sp³-hybridized carbons (Fsp3) is 0.455. The highest BCUT2D eigenvalue weighted by Crippen LogP contribution is 2.46. The minimum Gasteiger partial charge on any atom is -0.391 e. The monoisotopic (exact) mass is 404 g/mol. The van der Waals surface area contributed by atoms with E-state index in [9.17, 15) is 14.7 Å². The number of aliphatic hydroxyl groups excluding tert-OH is 1. The van der Waals surface area contributed by atoms with E-state index in [0.717, 1.165) is 4.47 Å². The van der Waals surface area contributed by atoms with Gasteiger partial charge in [-0.25, -0.2) is 4.79 Å². The first-order valence-corrected chi connectivity index (χ1v) is 7.67. The molecule has 1 aromatic rings. The van der Waals surface area contributed by atoms with Crippen LogP contribution in [0.15, 0.2) is 15.1 Å². The van der Waals surface area contributed by atoms with Crippen LogP contribution in [-0.2, 0) is 0 Å². The van der Waals surface area contributed by atoms with Gasteiger partial charge in [0.05, 0.1) is 10.6 Å². The van der Waals surface area contributed by atoms with Gasteiger partial charge in [-0.15, -0.1) is 0 Å². The topological polar surface area (TPSA) is 86.6 Å². The van der Waals surface area contributed by atoms with Gasteiger partial charge in [0.25, 0.3) is 5.91 Å². The quantitative estimate of drug-likeness (QED) is 0.595. The summed E-state index contributed by atoms with van der Waals surface area (Å²) in [4.78, 5) is 26.0. The smallest absolute Gasteiger partial charge is 0.318 e. The van der Waals surface area contributed by atoms with Crippen molar-refractivity contribution in [3.05, 3.63) is 20.8 Å². The second-order valence-corrected chi connectivity index (χ2v) is 6.84. The molecular formula is C11H10Br2N4O3. The molecule has 2 saturated heterocycles. The summed E-state index contributed by atoms with van der Waals surface area (Å²) >= 11 is 6.82. The molecule has 1 aromatic heterocycles. The number of aromatic nitrogens is 1. The molecule has 3 amide bonds. The lowest BCUT2D eigenvalue weighted by atomic mass is 10.0. The van der Waals surface area contributed by atoms with Crippen LogP contribution >= 0.6 is 31.9 Å². The Labute approximate surface area is 130 Å². The average Bonchev–Trinajstić information content (AvgIpc) is 2.96. The van der Waals surface area contributed by atoms with Gasteiger partial charge in [-0.3, -0.25) is 4.79 Å². The zero-order chi connectivity index (χ0) is 14.2. The summed E-state index contributed by atoms with van der Waals surface area (Å²) in [7, 11) is 0. The predicted molar refractivity (Wildman–Crippen MR) is 74.9 cm³/mol. The Hall–Kier alpha value is -1.06. The molecule has 0 aliphatic carbocycles. The van der Waals surface area contributed by atoms with Gasteiger partial charge in [-0.1, -0.05) is 0 Å². The maximum absolute atomic E-state index is 12.6. The maximum atomic E-state index is 12.6. The van der Waals surface area contributed by atoms with E-state index in [2.05, 4.69) is 42.5 Å². The van der Waals surface area contributed by atoms with E-state index in [-0.39, 0.29) is 18.5 Å². The molecule has 3 aliphatic heterocycles. The van der Waals surface area contributed by atoms with Gasteiger partial charge in [-0.05, 0) is 37.9 Å². The second kappa shape index (κ2) is 3.77. The number of nitrogens with one attached hydrogen (secondary N) is 2. The van der Waals surface area contributed by atoms with Crippen LogP contribution in [0.1, 0.15) is 23.1 Å². The van der Waals surface area contributed by atoms with Crippen LogP contribution in [-0.4, -0.2) is 44.8 Å². The van der Waals surface area contributed by atoms with Crippen molar-refractivity contribution in [3.8, 4) is 0 Å². The van der Waals surface area contributed by atoms with Gasteiger partial charge in [0.2, 0.25) is 0 Å². The van der Waals surface area contributed by atoms with Crippen molar-refractivity contribution < 1.29 is 14.7 Å². The first-order valence-electron chi connectivity index (χ1n) is 6.09. The van der Waals surface area contributed by atoms with Crippen molar-refractivity contribution in [2.45, 2.75) is 24.4 Å². The highest BCUT2D eigenvalue weighted by Gasteiger charge is 2.62. The fourth-order valence-corrected chi connectivity index (χ4v) is 4.32. The second-order valence-electron chi connectivity index (χ2n) is 5.24. The molecule has 20 heavy (non-hydrogen) atoms. The Morgan fingerprint density at radius 2 is 2.15 bits per heavy atom. The summed E-state index contributed by atoms with van der Waals surface area (Å²) in [5, 5.41) is 15.6. The fourth-order valence-electron chi connectivity index (χ4n) is 3.40. The van der Waals surface area contributed by atoms with Crippen molar-refractivity contribution in [1.29, 1.82) is 0 Å². The number of aliphatic hydroxyl groups is 1. The summed E-state index contributed by atoms with van der Waals surface area (Å²) in [5.41, 5.74) is -0.427. The molecule has 0 radical (unpaired) electrons. The number of fused-ring (bicyclic) bond motifs is 2. The molecule has 3 N–H and O–H groups in total. The molecule has 9 heteroatoms. The highest BCUT2D eigenvalue weighted by molar-refractivity contribution is 9.13. The number of carbonyl (C=O) groups is 2. The van der Waals surface area contributed by atoms with Gasteiger partial charge >= 0.3 is 6.03 Å². The zero-order valence-electron chi connectivity index (χ0n) is 10.1. The molecular weight excluding hydrogens is 396 g/mol. The van der Waals surface area contributed by atoms with Gasteiger partial charge in [0, 0.05) is 13.0 Å². The largest absolute Gasteiger partial charge is 0.391 e. The molecule has 0 bridgehead atoms. The molecule has 4 heterocycles. The van der Waals surface area contributed by atoms with E-state index in [0.29, 0.717) is 16.7 Å². The molecule has 0 unspecified atom stereocenters. The van der Waals surface area contributed by atoms with Crippen LogP contribution in [0.2, 0.25) is 0 Å². The van der Waals surface area contributed by atoms with Crippen LogP contribution in [0.5, 0.6) is 0 Å². The van der Waals surface area contributed by atoms with Crippen LogP contribution in [0.25, 0.3) is 0 Å². The number of urea groups is 1. The molecule has 3 atom stereocenters. The summed E-state index contributed by atoms with van der Waals surface area (Å²) in [6.07, 6.45) is -0.780. The van der Waals surface area contributed by atoms with Gasteiger partial charge in [-0.2, -0.15) is 0 Å². The van der Waals surface area contributed by atoms with Crippen molar-refractivity contribution in [3.63, 3.8) is 0 Å². The summed E-state index contributed by atoms with van der Waals surface area (Å²) in [6, 6.07) is 1.37. The van der Waals surface area contributed by atoms with Crippen molar-refractivity contribution in [2.75, 3.05) is 6.54 Å². The number of hydrogen-bond acceptors (Lipinski definition) is 3. The Bertz CT molecular complexity index is 660. The van der Waals surface area contributed by atoms with Crippen LogP contribution < -0.4 is 10.6 Å². The molecule has 7 nitrogen and oxygen atoms in total. The number of hydrogen-bond donors (Lipinski definition) is 3. The molecule has 0 aromatic carbocycles. The third-order valence-corrected chi connectivity index (χ3v) is 6.07. The van der Waals surface area contributed by atoms with E-state index < -0.39 is 17.9 Å². The van der Waals surface area contributed by atoms with E-state index in [1.54, 1.807) is 15.5 Å². The SMILES string of the molecule is O=C1N[C@H]2n3c(cc(Br)c3Br)C(=O)N3C[C@H](O)C[C@]23N1. The molecule has 4 rings (SSSR count). The summed E-state index contributed by atoms with van der Waals surface area (Å²) < 4.78 is 3.19. The number of amides is 3. The van der Waals surface area contributed by atoms with Crippen molar-refractivity contribution in [1.82, 2.24) is 20.1 Å². The van der Waals surface area contributed by atoms with Crippen LogP contribution in [0, 0.1) is 0 Å². The van der Waals surface area contributed by atoms with Gasteiger partial charge in [0.15, 0.2) is 11.8 Å². The van der Waals surface area contributed by atoms with Crippen molar-refractivity contribution in [2.24, 2.45) is 0 Å². The average molecular weight is 406 g/mol. The number of halogens is 2. The Balaban J connectivity index is 1.98. The predicted octanol–water partition coefficient (Wildman–Crippen LogP) is 0.741. The van der Waals surface area contributed by atoms with Gasteiger partial charge < -0.3 is 25.2 Å². The van der Waals surface area contributed by atoms with Crippen LogP contribution in [0.3, 0.4) is 0 Å². The van der Waals surface area contributed by atoms with E-state index in [1.165, 1.54) is 0 Å². The minimum absolute atomic E-state index is 0.201. The third-order valence-electron chi connectivity index (χ3n) is 4.13. The summed E-state index contributed by atoms with van der Waals surface area (Å²) in [6.45, 7) is 0.220. The molecule has 2 fully saturated rings. The lowest BCUT2D eigenvalue weighted by Gasteiger charge is -2.43. The highest BCUT2D eigenvalue weighted by atomic mass is 79.9. The Morgan fingerprint density at radius 3 is 2.90 bits per heavy atom. The standard InChI is InChI=1S/C11H10Br2N4O3/c12-5-1-6-8(19)16-3-4(18)2-11(16)9(14-10(20)15-11)17(6)7(5)13/h1,4,9,18H,2-3H2,(H2,14,15,20)/t4-,9+,11-/m1/s1. The lowest BCUT2D eigenvalue weighted by Crippen LogP contribution is -2.62. The number of carbonyl (C=O) groups excluding carboxylic acids is 2. The Kier molecular flexibility index (Phi) is 2.39. The zero-order valence-corrected chi connectivity index (χ0v) is 13.2. The third kappa shape index (κ3) is 1.33. The number of rotatable bonds is 0. The van der Waals surface area contributed by atoms with E-state index in [4.69, 9.17) is 0 Å². The van der Waals surface area contributed by atoms with Crippen molar-refractivity contribution >= 4 is 43.8 Å². The minimum atomic E-state index is -0.901.